The first-order valence-corrected chi connectivity index (χ1v) is 11.3. The molecule has 3 aromatic heterocycles. The van der Waals surface area contributed by atoms with E-state index in [9.17, 15) is 4.79 Å². The zero-order valence-electron chi connectivity index (χ0n) is 19.3. The second-order valence-corrected chi connectivity index (χ2v) is 8.74. The minimum Gasteiger partial charge on any atom is -0.441 e. The Morgan fingerprint density at radius 1 is 1.12 bits per heavy atom. The van der Waals surface area contributed by atoms with Crippen LogP contribution in [0.15, 0.2) is 43.0 Å². The van der Waals surface area contributed by atoms with Crippen LogP contribution >= 0.6 is 0 Å². The van der Waals surface area contributed by atoms with Crippen LogP contribution in [0, 0.1) is 6.92 Å². The molecule has 2 aliphatic heterocycles. The van der Waals surface area contributed by atoms with Crippen molar-refractivity contribution in [2.75, 3.05) is 31.1 Å². The molecule has 5 rings (SSSR count). The van der Waals surface area contributed by atoms with Gasteiger partial charge in [-0.2, -0.15) is 10.2 Å². The van der Waals surface area contributed by atoms with Crippen LogP contribution in [0.2, 0.25) is 0 Å². The van der Waals surface area contributed by atoms with Crippen molar-refractivity contribution in [2.24, 2.45) is 7.05 Å². The van der Waals surface area contributed by atoms with Crippen LogP contribution < -0.4 is 4.90 Å². The predicted octanol–water partition coefficient (Wildman–Crippen LogP) is 3.15. The molecule has 2 aliphatic rings. The topological polar surface area (TPSA) is 81.3 Å². The van der Waals surface area contributed by atoms with Gasteiger partial charge in [0.05, 0.1) is 30.3 Å². The summed E-state index contributed by atoms with van der Waals surface area (Å²) in [6.45, 7) is 7.34. The molecule has 33 heavy (non-hydrogen) atoms. The maximum Gasteiger partial charge on any atom is 0.410 e. The Hall–Kier alpha value is -3.62. The molecule has 1 fully saturated rings. The van der Waals surface area contributed by atoms with Gasteiger partial charge in [0.2, 0.25) is 0 Å². The fourth-order valence-electron chi connectivity index (χ4n) is 4.39. The van der Waals surface area contributed by atoms with E-state index in [1.807, 2.05) is 50.1 Å². The number of carbonyl (C=O) groups is 1. The van der Waals surface area contributed by atoms with Crippen molar-refractivity contribution in [3.05, 3.63) is 65.5 Å². The van der Waals surface area contributed by atoms with Gasteiger partial charge in [0.15, 0.2) is 0 Å². The Labute approximate surface area is 193 Å². The van der Waals surface area contributed by atoms with Crippen LogP contribution in [0.25, 0.3) is 6.08 Å². The summed E-state index contributed by atoms with van der Waals surface area (Å²) in [6.07, 6.45) is 11.4. The van der Waals surface area contributed by atoms with Crippen molar-refractivity contribution in [3.63, 3.8) is 0 Å². The van der Waals surface area contributed by atoms with E-state index >= 15 is 0 Å². The quantitative estimate of drug-likeness (QED) is 0.611. The van der Waals surface area contributed by atoms with Crippen LogP contribution in [0.5, 0.6) is 0 Å². The lowest BCUT2D eigenvalue weighted by molar-refractivity contribution is 0.0679. The summed E-state index contributed by atoms with van der Waals surface area (Å²) in [6, 6.07) is 3.88. The first kappa shape index (κ1) is 21.2. The van der Waals surface area contributed by atoms with Crippen molar-refractivity contribution in [1.82, 2.24) is 29.4 Å². The number of carbonyl (C=O) groups excluding carboxylic acids is 1. The van der Waals surface area contributed by atoms with Crippen molar-refractivity contribution in [3.8, 4) is 0 Å². The molecular formula is C24H29N7O2. The number of rotatable bonds is 4. The first-order valence-electron chi connectivity index (χ1n) is 11.3. The number of fused-ring (bicyclic) bond motifs is 1. The highest BCUT2D eigenvalue weighted by Crippen LogP contribution is 2.31. The maximum atomic E-state index is 12.7. The highest BCUT2D eigenvalue weighted by Gasteiger charge is 2.27. The number of allylic oxidation sites excluding steroid dienone is 1. The zero-order chi connectivity index (χ0) is 22.9. The summed E-state index contributed by atoms with van der Waals surface area (Å²) >= 11 is 0. The number of hydrogen-bond donors (Lipinski definition) is 0. The van der Waals surface area contributed by atoms with E-state index in [0.717, 1.165) is 42.3 Å². The molecule has 0 radical (unpaired) electrons. The van der Waals surface area contributed by atoms with Crippen molar-refractivity contribution >= 4 is 17.9 Å². The van der Waals surface area contributed by atoms with Crippen LogP contribution in [0.3, 0.4) is 0 Å². The average Bonchev–Trinajstić information content (AvgIpc) is 3.45. The molecule has 9 heteroatoms. The normalized spacial score (nSPS) is 18.8. The third-order valence-electron chi connectivity index (χ3n) is 6.43. The number of pyridine rings is 1. The summed E-state index contributed by atoms with van der Waals surface area (Å²) in [5, 5.41) is 8.92. The highest BCUT2D eigenvalue weighted by atomic mass is 16.6. The molecule has 0 aromatic carbocycles. The SMILES string of the molecule is Cc1ccc([C@@H](C)OC(=O)N2CCN(c3cnn4c3C=CC(c3cnn(C)c3)C4)CC2)cn1. The van der Waals surface area contributed by atoms with Gasteiger partial charge in [0.1, 0.15) is 6.10 Å². The van der Waals surface area contributed by atoms with E-state index in [-0.39, 0.29) is 18.1 Å². The largest absolute Gasteiger partial charge is 0.441 e. The Morgan fingerprint density at radius 2 is 1.94 bits per heavy atom. The smallest absolute Gasteiger partial charge is 0.410 e. The molecular weight excluding hydrogens is 418 g/mol. The number of piperazine rings is 1. The van der Waals surface area contributed by atoms with E-state index in [4.69, 9.17) is 4.74 Å². The lowest BCUT2D eigenvalue weighted by Crippen LogP contribution is -2.49. The van der Waals surface area contributed by atoms with Gasteiger partial charge >= 0.3 is 6.09 Å². The molecule has 0 saturated carbocycles. The van der Waals surface area contributed by atoms with Gasteiger partial charge in [-0.15, -0.1) is 0 Å². The number of nitrogens with zero attached hydrogens (tertiary/aromatic N) is 7. The van der Waals surface area contributed by atoms with E-state index in [0.29, 0.717) is 13.1 Å². The van der Waals surface area contributed by atoms with Gasteiger partial charge in [0, 0.05) is 62.8 Å². The number of anilines is 1. The van der Waals surface area contributed by atoms with Gasteiger partial charge in [0.25, 0.3) is 0 Å². The van der Waals surface area contributed by atoms with Gasteiger partial charge < -0.3 is 14.5 Å². The molecule has 1 amide bonds. The Balaban J connectivity index is 1.18. The summed E-state index contributed by atoms with van der Waals surface area (Å²) in [5.41, 5.74) is 5.27. The standard InChI is InChI=1S/C24H29N7O2/c1-17-4-5-19(12-25-17)18(2)33-24(32)30-10-8-29(9-11-30)23-14-27-31-16-20(6-7-22(23)31)21-13-26-28(3)15-21/h4-7,12-15,18,20H,8-11,16H2,1-3H3/t18-,20?/m1/s1. The molecule has 1 saturated heterocycles. The third kappa shape index (κ3) is 4.35. The van der Waals surface area contributed by atoms with E-state index in [1.54, 1.807) is 11.1 Å². The summed E-state index contributed by atoms with van der Waals surface area (Å²) in [7, 11) is 1.93. The van der Waals surface area contributed by atoms with E-state index in [2.05, 4.69) is 43.1 Å². The second-order valence-electron chi connectivity index (χ2n) is 8.74. The molecule has 1 unspecified atom stereocenters. The van der Waals surface area contributed by atoms with Gasteiger partial charge in [-0.25, -0.2) is 4.79 Å². The number of hydrogen-bond acceptors (Lipinski definition) is 6. The van der Waals surface area contributed by atoms with Gasteiger partial charge in [-0.05, 0) is 31.6 Å². The molecule has 0 bridgehead atoms. The number of aryl methyl sites for hydroxylation is 2. The summed E-state index contributed by atoms with van der Waals surface area (Å²) < 4.78 is 9.57. The molecule has 5 heterocycles. The molecule has 0 N–H and O–H groups in total. The fraction of sp³-hybridized carbons (Fsp3) is 0.417. The van der Waals surface area contributed by atoms with Crippen LogP contribution in [0.1, 0.15) is 41.5 Å². The molecule has 172 valence electrons. The zero-order valence-corrected chi connectivity index (χ0v) is 19.3. The summed E-state index contributed by atoms with van der Waals surface area (Å²) in [5.74, 6) is 0.274. The van der Waals surface area contributed by atoms with Crippen molar-refractivity contribution in [2.45, 2.75) is 32.4 Å². The number of aromatic nitrogens is 5. The minimum absolute atomic E-state index is 0.274. The number of ether oxygens (including phenoxy) is 1. The van der Waals surface area contributed by atoms with Crippen LogP contribution in [-0.4, -0.2) is 61.7 Å². The van der Waals surface area contributed by atoms with Gasteiger partial charge in [-0.3, -0.25) is 14.3 Å². The molecule has 0 spiro atoms. The van der Waals surface area contributed by atoms with Gasteiger partial charge in [-0.1, -0.05) is 12.1 Å². The van der Waals surface area contributed by atoms with Crippen molar-refractivity contribution < 1.29 is 9.53 Å². The number of amides is 1. The average molecular weight is 448 g/mol. The van der Waals surface area contributed by atoms with Crippen LogP contribution in [-0.2, 0) is 18.3 Å². The maximum absolute atomic E-state index is 12.7. The Kier molecular flexibility index (Phi) is 5.62. The monoisotopic (exact) mass is 447 g/mol. The van der Waals surface area contributed by atoms with Crippen molar-refractivity contribution in [1.29, 1.82) is 0 Å². The van der Waals surface area contributed by atoms with E-state index in [1.165, 1.54) is 5.56 Å². The van der Waals surface area contributed by atoms with E-state index < -0.39 is 0 Å². The highest BCUT2D eigenvalue weighted by molar-refractivity contribution is 5.70. The molecule has 3 aromatic rings. The Bertz CT molecular complexity index is 1160. The van der Waals surface area contributed by atoms with Crippen LogP contribution in [0.4, 0.5) is 10.5 Å². The predicted molar refractivity (Wildman–Crippen MR) is 125 cm³/mol. The lowest BCUT2D eigenvalue weighted by Gasteiger charge is -2.36. The molecule has 9 nitrogen and oxygen atoms in total. The Morgan fingerprint density at radius 3 is 2.64 bits per heavy atom. The third-order valence-corrected chi connectivity index (χ3v) is 6.43. The lowest BCUT2D eigenvalue weighted by atomic mass is 9.99. The minimum atomic E-state index is -0.329. The molecule has 0 aliphatic carbocycles. The first-order chi connectivity index (χ1) is 16.0. The summed E-state index contributed by atoms with van der Waals surface area (Å²) in [4.78, 5) is 21.0. The fourth-order valence-corrected chi connectivity index (χ4v) is 4.39. The molecule has 2 atom stereocenters. The second kappa shape index (κ2) is 8.73.